The summed E-state index contributed by atoms with van der Waals surface area (Å²) in [7, 11) is 0. The molecule has 0 aliphatic carbocycles. The highest BCUT2D eigenvalue weighted by molar-refractivity contribution is 6.30. The van der Waals surface area contributed by atoms with E-state index in [0.29, 0.717) is 12.1 Å². The molecule has 0 saturated carbocycles. The van der Waals surface area contributed by atoms with Gasteiger partial charge in [0.15, 0.2) is 0 Å². The Morgan fingerprint density at radius 2 is 2.28 bits per heavy atom. The van der Waals surface area contributed by atoms with E-state index < -0.39 is 0 Å². The second-order valence-corrected chi connectivity index (χ2v) is 5.74. The standard InChI is InChI=1S/C15H23ClN2/c1-3-14(17)15(18-9-5-6-11(18)2)12-7-4-8-13(16)10-12/h4,7-8,10-11,14-15H,3,5-6,9,17H2,1-2H3. The number of nitrogens with two attached hydrogens (primary N) is 1. The molecule has 1 saturated heterocycles. The molecule has 100 valence electrons. The second-order valence-electron chi connectivity index (χ2n) is 5.30. The third-order valence-electron chi connectivity index (χ3n) is 4.03. The molecular weight excluding hydrogens is 244 g/mol. The van der Waals surface area contributed by atoms with Crippen molar-refractivity contribution in [2.24, 2.45) is 5.73 Å². The van der Waals surface area contributed by atoms with Gasteiger partial charge in [-0.1, -0.05) is 30.7 Å². The Hall–Kier alpha value is -0.570. The van der Waals surface area contributed by atoms with Crippen molar-refractivity contribution in [1.82, 2.24) is 4.90 Å². The van der Waals surface area contributed by atoms with Crippen molar-refractivity contribution < 1.29 is 0 Å². The van der Waals surface area contributed by atoms with Gasteiger partial charge in [0, 0.05) is 17.1 Å². The minimum absolute atomic E-state index is 0.170. The van der Waals surface area contributed by atoms with Crippen LogP contribution in [0, 0.1) is 0 Å². The number of hydrogen-bond acceptors (Lipinski definition) is 2. The summed E-state index contributed by atoms with van der Waals surface area (Å²) in [5, 5.41) is 0.799. The molecule has 0 spiro atoms. The van der Waals surface area contributed by atoms with Crippen molar-refractivity contribution in [3.63, 3.8) is 0 Å². The first kappa shape index (κ1) is 13.9. The molecule has 1 aliphatic heterocycles. The number of hydrogen-bond donors (Lipinski definition) is 1. The molecular formula is C15H23ClN2. The van der Waals surface area contributed by atoms with E-state index in [1.54, 1.807) is 0 Å². The first-order valence-corrected chi connectivity index (χ1v) is 7.28. The van der Waals surface area contributed by atoms with Gasteiger partial charge in [0.1, 0.15) is 0 Å². The summed E-state index contributed by atoms with van der Waals surface area (Å²) in [5.41, 5.74) is 7.61. The highest BCUT2D eigenvalue weighted by Gasteiger charge is 2.32. The largest absolute Gasteiger partial charge is 0.326 e. The molecule has 1 aliphatic rings. The summed E-state index contributed by atoms with van der Waals surface area (Å²) in [4.78, 5) is 2.54. The molecule has 0 amide bonds. The molecule has 3 unspecified atom stereocenters. The fourth-order valence-corrected chi connectivity index (χ4v) is 3.17. The average molecular weight is 267 g/mol. The van der Waals surface area contributed by atoms with Gasteiger partial charge in [0.2, 0.25) is 0 Å². The molecule has 1 fully saturated rings. The highest BCUT2D eigenvalue weighted by atomic mass is 35.5. The molecule has 2 nitrogen and oxygen atoms in total. The van der Waals surface area contributed by atoms with E-state index in [0.717, 1.165) is 18.0 Å². The van der Waals surface area contributed by atoms with Gasteiger partial charge in [-0.3, -0.25) is 4.90 Å². The van der Waals surface area contributed by atoms with Gasteiger partial charge >= 0.3 is 0 Å². The summed E-state index contributed by atoms with van der Waals surface area (Å²) >= 11 is 6.12. The molecule has 0 radical (unpaired) electrons. The van der Waals surface area contributed by atoms with E-state index in [-0.39, 0.29) is 6.04 Å². The summed E-state index contributed by atoms with van der Waals surface area (Å²) in [5.74, 6) is 0. The highest BCUT2D eigenvalue weighted by Crippen LogP contribution is 2.33. The Morgan fingerprint density at radius 1 is 1.50 bits per heavy atom. The number of rotatable bonds is 4. The van der Waals surface area contributed by atoms with Crippen molar-refractivity contribution in [3.8, 4) is 0 Å². The van der Waals surface area contributed by atoms with Gasteiger partial charge in [-0.15, -0.1) is 0 Å². The molecule has 1 aromatic rings. The fourth-order valence-electron chi connectivity index (χ4n) is 2.97. The lowest BCUT2D eigenvalue weighted by molar-refractivity contribution is 0.163. The van der Waals surface area contributed by atoms with Crippen LogP contribution in [0.25, 0.3) is 0 Å². The zero-order chi connectivity index (χ0) is 13.1. The van der Waals surface area contributed by atoms with Crippen molar-refractivity contribution >= 4 is 11.6 Å². The Bertz CT molecular complexity index is 394. The van der Waals surface area contributed by atoms with Crippen molar-refractivity contribution in [2.75, 3.05) is 6.54 Å². The molecule has 3 atom stereocenters. The Labute approximate surface area is 115 Å². The van der Waals surface area contributed by atoms with E-state index in [2.05, 4.69) is 30.9 Å². The summed E-state index contributed by atoms with van der Waals surface area (Å²) < 4.78 is 0. The number of halogens is 1. The first-order chi connectivity index (χ1) is 8.63. The van der Waals surface area contributed by atoms with E-state index in [1.165, 1.54) is 18.4 Å². The van der Waals surface area contributed by atoms with Gasteiger partial charge in [0.05, 0.1) is 6.04 Å². The maximum atomic E-state index is 6.36. The second kappa shape index (κ2) is 6.05. The van der Waals surface area contributed by atoms with Crippen LogP contribution in [0.4, 0.5) is 0 Å². The van der Waals surface area contributed by atoms with E-state index in [4.69, 9.17) is 17.3 Å². The predicted octanol–water partition coefficient (Wildman–Crippen LogP) is 3.60. The average Bonchev–Trinajstić information content (AvgIpc) is 2.76. The molecule has 2 N–H and O–H groups in total. The smallest absolute Gasteiger partial charge is 0.0502 e. The van der Waals surface area contributed by atoms with Crippen LogP contribution in [0.1, 0.15) is 44.7 Å². The first-order valence-electron chi connectivity index (χ1n) is 6.90. The van der Waals surface area contributed by atoms with Gasteiger partial charge in [0.25, 0.3) is 0 Å². The van der Waals surface area contributed by atoms with E-state index >= 15 is 0 Å². The molecule has 2 rings (SSSR count). The number of likely N-dealkylation sites (tertiary alicyclic amines) is 1. The van der Waals surface area contributed by atoms with Crippen LogP contribution in [0.2, 0.25) is 5.02 Å². The lowest BCUT2D eigenvalue weighted by Crippen LogP contribution is -2.42. The summed E-state index contributed by atoms with van der Waals surface area (Å²) in [6.07, 6.45) is 3.53. The van der Waals surface area contributed by atoms with Crippen molar-refractivity contribution in [2.45, 2.75) is 51.2 Å². The summed E-state index contributed by atoms with van der Waals surface area (Å²) in [6.45, 7) is 5.60. The van der Waals surface area contributed by atoms with Gasteiger partial charge in [-0.05, 0) is 50.4 Å². The molecule has 18 heavy (non-hydrogen) atoms. The zero-order valence-corrected chi connectivity index (χ0v) is 12.0. The monoisotopic (exact) mass is 266 g/mol. The van der Waals surface area contributed by atoms with Crippen LogP contribution in [0.5, 0.6) is 0 Å². The van der Waals surface area contributed by atoms with Crippen LogP contribution < -0.4 is 5.73 Å². The van der Waals surface area contributed by atoms with Gasteiger partial charge in [-0.25, -0.2) is 0 Å². The maximum absolute atomic E-state index is 6.36. The van der Waals surface area contributed by atoms with Crippen LogP contribution in [0.3, 0.4) is 0 Å². The van der Waals surface area contributed by atoms with Gasteiger partial charge < -0.3 is 5.73 Å². The minimum Gasteiger partial charge on any atom is -0.326 e. The molecule has 0 bridgehead atoms. The minimum atomic E-state index is 0.170. The quantitative estimate of drug-likeness (QED) is 0.902. The lowest BCUT2D eigenvalue weighted by Gasteiger charge is -2.35. The third kappa shape index (κ3) is 2.87. The third-order valence-corrected chi connectivity index (χ3v) is 4.26. The summed E-state index contributed by atoms with van der Waals surface area (Å²) in [6, 6.07) is 9.24. The molecule has 3 heteroatoms. The normalized spacial score (nSPS) is 24.1. The van der Waals surface area contributed by atoms with Gasteiger partial charge in [-0.2, -0.15) is 0 Å². The topological polar surface area (TPSA) is 29.3 Å². The Balaban J connectivity index is 2.30. The van der Waals surface area contributed by atoms with Crippen LogP contribution in [0.15, 0.2) is 24.3 Å². The Morgan fingerprint density at radius 3 is 2.83 bits per heavy atom. The van der Waals surface area contributed by atoms with Crippen LogP contribution in [-0.4, -0.2) is 23.5 Å². The maximum Gasteiger partial charge on any atom is 0.0502 e. The van der Waals surface area contributed by atoms with Crippen molar-refractivity contribution in [1.29, 1.82) is 0 Å². The number of benzene rings is 1. The van der Waals surface area contributed by atoms with Crippen LogP contribution in [-0.2, 0) is 0 Å². The SMILES string of the molecule is CCC(N)C(c1cccc(Cl)c1)N1CCCC1C. The molecule has 1 aromatic carbocycles. The van der Waals surface area contributed by atoms with E-state index in [9.17, 15) is 0 Å². The predicted molar refractivity (Wildman–Crippen MR) is 77.9 cm³/mol. The Kier molecular flexibility index (Phi) is 4.66. The molecule has 0 aromatic heterocycles. The lowest BCUT2D eigenvalue weighted by atomic mass is 9.96. The van der Waals surface area contributed by atoms with Crippen molar-refractivity contribution in [3.05, 3.63) is 34.9 Å². The zero-order valence-electron chi connectivity index (χ0n) is 11.3. The molecule has 1 heterocycles. The van der Waals surface area contributed by atoms with E-state index in [1.807, 2.05) is 12.1 Å². The van der Waals surface area contributed by atoms with Crippen LogP contribution >= 0.6 is 11.6 Å². The number of nitrogens with zero attached hydrogens (tertiary/aromatic N) is 1. The fraction of sp³-hybridized carbons (Fsp3) is 0.600.